The van der Waals surface area contributed by atoms with Crippen LogP contribution in [0.5, 0.6) is 0 Å². The van der Waals surface area contributed by atoms with Gasteiger partial charge >= 0.3 is 0 Å². The Balaban J connectivity index is 1.99. The molecule has 0 aliphatic carbocycles. The molecule has 0 aliphatic heterocycles. The molecular formula is C18H26N2S. The van der Waals surface area contributed by atoms with E-state index in [4.69, 9.17) is 0 Å². The number of benzene rings is 1. The molecule has 21 heavy (non-hydrogen) atoms. The number of rotatable bonds is 7. The fourth-order valence-electron chi connectivity index (χ4n) is 2.41. The molecule has 0 amide bonds. The van der Waals surface area contributed by atoms with E-state index in [-0.39, 0.29) is 0 Å². The maximum absolute atomic E-state index is 3.66. The third-order valence-electron chi connectivity index (χ3n) is 3.66. The maximum Gasteiger partial charge on any atom is 0.0388 e. The lowest BCUT2D eigenvalue weighted by atomic mass is 10.1. The van der Waals surface area contributed by atoms with Crippen LogP contribution >= 0.6 is 11.3 Å². The summed E-state index contributed by atoms with van der Waals surface area (Å²) < 4.78 is 0. The van der Waals surface area contributed by atoms with E-state index in [1.807, 2.05) is 11.3 Å². The monoisotopic (exact) mass is 302 g/mol. The predicted octanol–water partition coefficient (Wildman–Crippen LogP) is 4.22. The molecule has 0 aliphatic rings. The van der Waals surface area contributed by atoms with Gasteiger partial charge < -0.3 is 10.2 Å². The van der Waals surface area contributed by atoms with Gasteiger partial charge in [0, 0.05) is 28.9 Å². The fourth-order valence-corrected chi connectivity index (χ4v) is 3.39. The van der Waals surface area contributed by atoms with E-state index in [1.165, 1.54) is 20.9 Å². The maximum atomic E-state index is 3.66. The summed E-state index contributed by atoms with van der Waals surface area (Å²) in [6.07, 6.45) is 1.13. The third-order valence-corrected chi connectivity index (χ3v) is 5.07. The fraction of sp³-hybridized carbons (Fsp3) is 0.444. The highest BCUT2D eigenvalue weighted by Crippen LogP contribution is 2.24. The Hall–Kier alpha value is -1.16. The van der Waals surface area contributed by atoms with Crippen LogP contribution < -0.4 is 5.32 Å². The van der Waals surface area contributed by atoms with Crippen LogP contribution in [0.4, 0.5) is 0 Å². The van der Waals surface area contributed by atoms with Gasteiger partial charge in [0.2, 0.25) is 0 Å². The smallest absolute Gasteiger partial charge is 0.0388 e. The highest BCUT2D eigenvalue weighted by atomic mass is 32.1. The van der Waals surface area contributed by atoms with Gasteiger partial charge in [0.05, 0.1) is 0 Å². The van der Waals surface area contributed by atoms with Crippen molar-refractivity contribution in [2.75, 3.05) is 14.1 Å². The van der Waals surface area contributed by atoms with Gasteiger partial charge in [-0.15, -0.1) is 11.3 Å². The summed E-state index contributed by atoms with van der Waals surface area (Å²) >= 11 is 1.92. The number of thiophene rings is 1. The Morgan fingerprint density at radius 3 is 2.43 bits per heavy atom. The Morgan fingerprint density at radius 1 is 1.10 bits per heavy atom. The minimum atomic E-state index is 0.405. The third kappa shape index (κ3) is 4.67. The van der Waals surface area contributed by atoms with Crippen molar-refractivity contribution >= 4 is 11.3 Å². The van der Waals surface area contributed by atoms with Crippen LogP contribution in [0.3, 0.4) is 0 Å². The number of nitrogens with zero attached hydrogens (tertiary/aromatic N) is 1. The van der Waals surface area contributed by atoms with Crippen LogP contribution in [-0.2, 0) is 19.5 Å². The Labute approximate surface area is 132 Å². The van der Waals surface area contributed by atoms with Gasteiger partial charge in [0.1, 0.15) is 0 Å². The van der Waals surface area contributed by atoms with Gasteiger partial charge in [-0.2, -0.15) is 0 Å². The lowest BCUT2D eigenvalue weighted by Gasteiger charge is -2.17. The van der Waals surface area contributed by atoms with Gasteiger partial charge in [-0.3, -0.25) is 0 Å². The predicted molar refractivity (Wildman–Crippen MR) is 92.8 cm³/mol. The van der Waals surface area contributed by atoms with E-state index in [9.17, 15) is 0 Å². The number of aryl methyl sites for hydroxylation is 1. The molecule has 1 N–H and O–H groups in total. The molecule has 3 heteroatoms. The average Bonchev–Trinajstić information content (AvgIpc) is 2.94. The molecule has 1 heterocycles. The number of nitrogens with one attached hydrogen (secondary N) is 1. The molecular weight excluding hydrogens is 276 g/mol. The van der Waals surface area contributed by atoms with Crippen molar-refractivity contribution in [3.05, 3.63) is 57.3 Å². The SMILES string of the molecule is CCc1ccc(C(C)NCc2ccccc2CN(C)C)s1. The van der Waals surface area contributed by atoms with Crippen LogP contribution in [0.2, 0.25) is 0 Å². The normalized spacial score (nSPS) is 12.8. The van der Waals surface area contributed by atoms with Gasteiger partial charge in [0.25, 0.3) is 0 Å². The summed E-state index contributed by atoms with van der Waals surface area (Å²) in [5, 5.41) is 3.66. The standard InChI is InChI=1S/C18H26N2S/c1-5-17-10-11-18(21-17)14(2)19-12-15-8-6-7-9-16(15)13-20(3)4/h6-11,14,19H,5,12-13H2,1-4H3. The van der Waals surface area contributed by atoms with Gasteiger partial charge in [-0.1, -0.05) is 31.2 Å². The first-order valence-corrected chi connectivity index (χ1v) is 8.45. The van der Waals surface area contributed by atoms with Crippen molar-refractivity contribution in [2.45, 2.75) is 39.4 Å². The molecule has 1 aromatic carbocycles. The summed E-state index contributed by atoms with van der Waals surface area (Å²) in [4.78, 5) is 5.11. The van der Waals surface area contributed by atoms with Crippen LogP contribution in [0.15, 0.2) is 36.4 Å². The zero-order valence-corrected chi connectivity index (χ0v) is 14.3. The van der Waals surface area contributed by atoms with Crippen molar-refractivity contribution in [3.63, 3.8) is 0 Å². The van der Waals surface area contributed by atoms with Crippen LogP contribution in [0.1, 0.15) is 40.8 Å². The molecule has 114 valence electrons. The second-order valence-corrected chi connectivity index (χ2v) is 6.97. The highest BCUT2D eigenvalue weighted by molar-refractivity contribution is 7.12. The average molecular weight is 302 g/mol. The first-order chi connectivity index (χ1) is 10.1. The second kappa shape index (κ2) is 7.74. The van der Waals surface area contributed by atoms with Gasteiger partial charge in [0.15, 0.2) is 0 Å². The van der Waals surface area contributed by atoms with Gasteiger partial charge in [-0.05, 0) is 50.7 Å². The van der Waals surface area contributed by atoms with E-state index in [1.54, 1.807) is 0 Å². The molecule has 1 aromatic heterocycles. The summed E-state index contributed by atoms with van der Waals surface area (Å²) in [7, 11) is 4.23. The Kier molecular flexibility index (Phi) is 5.97. The largest absolute Gasteiger partial charge is 0.305 e. The molecule has 0 bridgehead atoms. The highest BCUT2D eigenvalue weighted by Gasteiger charge is 2.09. The number of hydrogen-bond acceptors (Lipinski definition) is 3. The molecule has 1 unspecified atom stereocenters. The van der Waals surface area contributed by atoms with Crippen molar-refractivity contribution in [2.24, 2.45) is 0 Å². The molecule has 0 radical (unpaired) electrons. The van der Waals surface area contributed by atoms with Crippen molar-refractivity contribution in [1.29, 1.82) is 0 Å². The van der Waals surface area contributed by atoms with Crippen LogP contribution in [-0.4, -0.2) is 19.0 Å². The lowest BCUT2D eigenvalue weighted by molar-refractivity contribution is 0.400. The van der Waals surface area contributed by atoms with Gasteiger partial charge in [-0.25, -0.2) is 0 Å². The van der Waals surface area contributed by atoms with Crippen LogP contribution in [0, 0.1) is 0 Å². The molecule has 2 aromatic rings. The van der Waals surface area contributed by atoms with Crippen molar-refractivity contribution in [3.8, 4) is 0 Å². The molecule has 0 fully saturated rings. The first kappa shape index (κ1) is 16.2. The minimum Gasteiger partial charge on any atom is -0.305 e. The zero-order chi connectivity index (χ0) is 15.2. The molecule has 2 rings (SSSR count). The van der Waals surface area contributed by atoms with Crippen molar-refractivity contribution < 1.29 is 0 Å². The number of hydrogen-bond donors (Lipinski definition) is 1. The van der Waals surface area contributed by atoms with E-state index >= 15 is 0 Å². The summed E-state index contributed by atoms with van der Waals surface area (Å²) in [6, 6.07) is 13.6. The quantitative estimate of drug-likeness (QED) is 0.823. The van der Waals surface area contributed by atoms with Crippen molar-refractivity contribution in [1.82, 2.24) is 10.2 Å². The molecule has 2 nitrogen and oxygen atoms in total. The molecule has 0 saturated heterocycles. The lowest BCUT2D eigenvalue weighted by Crippen LogP contribution is -2.19. The summed E-state index contributed by atoms with van der Waals surface area (Å²) in [6.45, 7) is 6.38. The van der Waals surface area contributed by atoms with E-state index in [0.717, 1.165) is 19.5 Å². The topological polar surface area (TPSA) is 15.3 Å². The van der Waals surface area contributed by atoms with Crippen LogP contribution in [0.25, 0.3) is 0 Å². The zero-order valence-electron chi connectivity index (χ0n) is 13.5. The first-order valence-electron chi connectivity index (χ1n) is 7.63. The molecule has 0 saturated carbocycles. The Bertz CT molecular complexity index is 560. The van der Waals surface area contributed by atoms with E-state index in [2.05, 4.69) is 74.6 Å². The van der Waals surface area contributed by atoms with E-state index in [0.29, 0.717) is 6.04 Å². The second-order valence-electron chi connectivity index (χ2n) is 5.77. The minimum absolute atomic E-state index is 0.405. The molecule has 0 spiro atoms. The summed E-state index contributed by atoms with van der Waals surface area (Å²) in [5.41, 5.74) is 2.80. The van der Waals surface area contributed by atoms with E-state index < -0.39 is 0 Å². The Morgan fingerprint density at radius 2 is 1.81 bits per heavy atom. The summed E-state index contributed by atoms with van der Waals surface area (Å²) in [5.74, 6) is 0. The molecule has 1 atom stereocenters.